The Morgan fingerprint density at radius 3 is 2.59 bits per heavy atom. The molecule has 3 aromatic rings. The highest BCUT2D eigenvalue weighted by Crippen LogP contribution is 2.46. The molecular formula is C26H28F3N5OS2. The number of nitrogens with one attached hydrogen (secondary N) is 2. The van der Waals surface area contributed by atoms with E-state index in [1.165, 1.54) is 22.9 Å². The van der Waals surface area contributed by atoms with Crippen LogP contribution < -0.4 is 10.6 Å². The SMILES string of the molecule is CN1CCc2cc(Nc3ncc(C(F)(F)F)c(-c4cc(S(C)=O)c(NC5CC5)s4)n3)c(C3CC3)cc2C1. The van der Waals surface area contributed by atoms with Gasteiger partial charge in [-0.25, -0.2) is 9.97 Å². The van der Waals surface area contributed by atoms with Crippen molar-refractivity contribution in [2.45, 2.75) is 61.7 Å². The molecule has 3 aliphatic rings. The summed E-state index contributed by atoms with van der Waals surface area (Å²) >= 11 is 1.16. The van der Waals surface area contributed by atoms with Gasteiger partial charge < -0.3 is 15.5 Å². The quantitative estimate of drug-likeness (QED) is 0.370. The first-order chi connectivity index (χ1) is 17.7. The van der Waals surface area contributed by atoms with E-state index < -0.39 is 22.5 Å². The molecule has 0 saturated heterocycles. The van der Waals surface area contributed by atoms with Crippen LogP contribution in [0.3, 0.4) is 0 Å². The molecule has 3 heterocycles. The van der Waals surface area contributed by atoms with Crippen LogP contribution in [0.1, 0.15) is 53.9 Å². The van der Waals surface area contributed by atoms with Crippen LogP contribution in [0.2, 0.25) is 0 Å². The molecule has 2 fully saturated rings. The molecule has 196 valence electrons. The van der Waals surface area contributed by atoms with Gasteiger partial charge in [-0.05, 0) is 73.9 Å². The summed E-state index contributed by atoms with van der Waals surface area (Å²) in [7, 11) is 0.762. The molecule has 0 amide bonds. The number of hydrogen-bond acceptors (Lipinski definition) is 7. The Morgan fingerprint density at radius 2 is 1.92 bits per heavy atom. The predicted octanol–water partition coefficient (Wildman–Crippen LogP) is 6.14. The maximum atomic E-state index is 14.0. The fourth-order valence-electron chi connectivity index (χ4n) is 4.79. The van der Waals surface area contributed by atoms with Crippen LogP contribution in [0.15, 0.2) is 29.3 Å². The minimum atomic E-state index is -4.62. The highest BCUT2D eigenvalue weighted by Gasteiger charge is 2.37. The molecule has 0 spiro atoms. The number of anilines is 3. The first-order valence-corrected chi connectivity index (χ1v) is 14.8. The van der Waals surface area contributed by atoms with Gasteiger partial charge in [0, 0.05) is 37.3 Å². The number of alkyl halides is 3. The molecule has 0 radical (unpaired) electrons. The van der Waals surface area contributed by atoms with Crippen LogP contribution in [-0.4, -0.2) is 45.0 Å². The normalized spacial score (nSPS) is 18.9. The van der Waals surface area contributed by atoms with Crippen LogP contribution in [0, 0.1) is 0 Å². The highest BCUT2D eigenvalue weighted by atomic mass is 32.2. The Morgan fingerprint density at radius 1 is 1.14 bits per heavy atom. The van der Waals surface area contributed by atoms with Crippen LogP contribution in [0.5, 0.6) is 0 Å². The van der Waals surface area contributed by atoms with Crippen LogP contribution in [0.4, 0.5) is 29.8 Å². The van der Waals surface area contributed by atoms with Crippen molar-refractivity contribution < 1.29 is 17.4 Å². The smallest absolute Gasteiger partial charge is 0.373 e. The van der Waals surface area contributed by atoms with E-state index >= 15 is 0 Å². The van der Waals surface area contributed by atoms with Gasteiger partial charge in [0.2, 0.25) is 5.95 Å². The number of fused-ring (bicyclic) bond motifs is 1. The van der Waals surface area contributed by atoms with Gasteiger partial charge in [-0.2, -0.15) is 13.2 Å². The van der Waals surface area contributed by atoms with E-state index in [0.717, 1.165) is 68.4 Å². The number of rotatable bonds is 7. The number of thiophene rings is 1. The summed E-state index contributed by atoms with van der Waals surface area (Å²) in [6, 6.07) is 6.21. The number of benzene rings is 1. The van der Waals surface area contributed by atoms with Gasteiger partial charge in [-0.15, -0.1) is 11.3 Å². The third-order valence-electron chi connectivity index (χ3n) is 7.09. The summed E-state index contributed by atoms with van der Waals surface area (Å²) in [5.74, 6) is 0.575. The average Bonchev–Trinajstić information content (AvgIpc) is 3.76. The topological polar surface area (TPSA) is 70.2 Å². The van der Waals surface area contributed by atoms with Gasteiger partial charge in [-0.3, -0.25) is 4.21 Å². The Balaban J connectivity index is 1.40. The number of halogens is 3. The minimum Gasteiger partial charge on any atom is -0.373 e. The maximum Gasteiger partial charge on any atom is 0.420 e. The van der Waals surface area contributed by atoms with Gasteiger partial charge in [0.15, 0.2) is 0 Å². The molecule has 1 unspecified atom stereocenters. The molecule has 2 saturated carbocycles. The molecule has 37 heavy (non-hydrogen) atoms. The third-order valence-corrected chi connectivity index (χ3v) is 9.23. The van der Waals surface area contributed by atoms with E-state index in [4.69, 9.17) is 0 Å². The van der Waals surface area contributed by atoms with Crippen molar-refractivity contribution in [1.82, 2.24) is 14.9 Å². The Hall–Kier alpha value is -2.50. The Labute approximate surface area is 220 Å². The molecule has 2 aliphatic carbocycles. The van der Waals surface area contributed by atoms with Crippen LogP contribution in [0.25, 0.3) is 10.6 Å². The van der Waals surface area contributed by atoms with E-state index in [2.05, 4.69) is 44.7 Å². The molecule has 11 heteroatoms. The molecule has 0 bridgehead atoms. The zero-order valence-electron chi connectivity index (χ0n) is 20.6. The first-order valence-electron chi connectivity index (χ1n) is 12.5. The van der Waals surface area contributed by atoms with Crippen molar-refractivity contribution in [3.05, 3.63) is 46.6 Å². The zero-order chi connectivity index (χ0) is 25.9. The number of likely N-dealkylation sites (N-methyl/N-ethyl adjacent to an activating group) is 1. The molecule has 2 N–H and O–H groups in total. The average molecular weight is 548 g/mol. The number of nitrogens with zero attached hydrogens (tertiary/aromatic N) is 3. The van der Waals surface area contributed by atoms with Gasteiger partial charge in [0.25, 0.3) is 0 Å². The molecule has 1 aromatic carbocycles. The van der Waals surface area contributed by atoms with Crippen molar-refractivity contribution in [2.24, 2.45) is 0 Å². The fraction of sp³-hybridized carbons (Fsp3) is 0.462. The van der Waals surface area contributed by atoms with E-state index in [1.807, 2.05) is 0 Å². The zero-order valence-corrected chi connectivity index (χ0v) is 22.2. The summed E-state index contributed by atoms with van der Waals surface area (Å²) in [4.78, 5) is 11.6. The van der Waals surface area contributed by atoms with Crippen molar-refractivity contribution in [3.63, 3.8) is 0 Å². The van der Waals surface area contributed by atoms with Crippen molar-refractivity contribution in [1.29, 1.82) is 0 Å². The monoisotopic (exact) mass is 547 g/mol. The second kappa shape index (κ2) is 9.36. The van der Waals surface area contributed by atoms with E-state index in [1.54, 1.807) is 6.07 Å². The van der Waals surface area contributed by atoms with Gasteiger partial charge >= 0.3 is 6.18 Å². The van der Waals surface area contributed by atoms with Crippen LogP contribution in [-0.2, 0) is 29.9 Å². The highest BCUT2D eigenvalue weighted by molar-refractivity contribution is 7.84. The van der Waals surface area contributed by atoms with Gasteiger partial charge in [-0.1, -0.05) is 6.07 Å². The number of hydrogen-bond donors (Lipinski definition) is 2. The Kier molecular flexibility index (Phi) is 6.27. The lowest BCUT2D eigenvalue weighted by Crippen LogP contribution is -2.26. The molecular weight excluding hydrogens is 519 g/mol. The summed E-state index contributed by atoms with van der Waals surface area (Å²) < 4.78 is 54.4. The molecule has 1 aliphatic heterocycles. The summed E-state index contributed by atoms with van der Waals surface area (Å²) in [6.07, 6.45) is 2.89. The molecule has 6 rings (SSSR count). The van der Waals surface area contributed by atoms with Gasteiger partial charge in [0.1, 0.15) is 10.6 Å². The standard InChI is InChI=1S/C26H28F3N5OS2/c1-34-8-7-15-10-20(18(14-3-4-14)9-16(15)13-34)32-25-30-12-19(26(27,28)29)23(33-25)21-11-22(37(2)35)24(36-21)31-17-5-6-17/h9-12,14,17,31H,3-8,13H2,1-2H3,(H,30,32,33). The lowest BCUT2D eigenvalue weighted by molar-refractivity contribution is -0.137. The van der Waals surface area contributed by atoms with E-state index in [0.29, 0.717) is 20.7 Å². The summed E-state index contributed by atoms with van der Waals surface area (Å²) in [6.45, 7) is 1.86. The second-order valence-electron chi connectivity index (χ2n) is 10.2. The lowest BCUT2D eigenvalue weighted by Gasteiger charge is -2.27. The van der Waals surface area contributed by atoms with E-state index in [9.17, 15) is 17.4 Å². The van der Waals surface area contributed by atoms with Crippen LogP contribution >= 0.6 is 11.3 Å². The number of aromatic nitrogens is 2. The summed E-state index contributed by atoms with van der Waals surface area (Å²) in [5, 5.41) is 7.21. The molecule has 2 aromatic heterocycles. The predicted molar refractivity (Wildman–Crippen MR) is 141 cm³/mol. The van der Waals surface area contributed by atoms with Crippen molar-refractivity contribution >= 4 is 38.8 Å². The van der Waals surface area contributed by atoms with Crippen molar-refractivity contribution in [3.8, 4) is 10.6 Å². The summed E-state index contributed by atoms with van der Waals surface area (Å²) in [5.41, 5.74) is 3.51. The second-order valence-corrected chi connectivity index (χ2v) is 12.6. The first kappa shape index (κ1) is 24.8. The minimum absolute atomic E-state index is 0.127. The lowest BCUT2D eigenvalue weighted by atomic mass is 9.94. The molecule has 1 atom stereocenters. The Bertz CT molecular complexity index is 1380. The van der Waals surface area contributed by atoms with E-state index in [-0.39, 0.29) is 17.7 Å². The molecule has 6 nitrogen and oxygen atoms in total. The van der Waals surface area contributed by atoms with Gasteiger partial charge in [0.05, 0.1) is 26.3 Å². The fourth-order valence-corrected chi connectivity index (χ4v) is 6.98. The third kappa shape index (κ3) is 5.26. The largest absolute Gasteiger partial charge is 0.420 e. The maximum absolute atomic E-state index is 14.0. The van der Waals surface area contributed by atoms with Crippen molar-refractivity contribution in [2.75, 3.05) is 30.5 Å².